The van der Waals surface area contributed by atoms with Gasteiger partial charge in [-0.05, 0) is 61.5 Å². The van der Waals surface area contributed by atoms with Gasteiger partial charge in [-0.15, -0.1) is 0 Å². The minimum absolute atomic E-state index is 0.0454. The number of halogens is 2. The number of alkyl halides is 1. The van der Waals surface area contributed by atoms with Crippen molar-refractivity contribution in [3.05, 3.63) is 0 Å². The molecule has 78 valence electrons. The zero-order valence-electron chi connectivity index (χ0n) is 8.01. The predicted octanol–water partition coefficient (Wildman–Crippen LogP) is 3.38. The van der Waals surface area contributed by atoms with Gasteiger partial charge in [-0.2, -0.15) is 0 Å². The Balaban J connectivity index is 2.01. The van der Waals surface area contributed by atoms with Crippen LogP contribution >= 0.6 is 34.2 Å². The third-order valence-electron chi connectivity index (χ3n) is 4.58. The Hall–Kier alpha value is 0.690. The van der Waals surface area contributed by atoms with Crippen LogP contribution in [-0.4, -0.2) is 9.17 Å². The highest BCUT2D eigenvalue weighted by molar-refractivity contribution is 14.1. The van der Waals surface area contributed by atoms with Gasteiger partial charge in [-0.3, -0.25) is 4.79 Å². The maximum Gasteiger partial charge on any atom is 0.228 e. The van der Waals surface area contributed by atoms with Crippen LogP contribution in [0.5, 0.6) is 0 Å². The maximum atomic E-state index is 11.7. The molecule has 3 atom stereocenters. The number of rotatable bonds is 1. The van der Waals surface area contributed by atoms with E-state index >= 15 is 0 Å². The van der Waals surface area contributed by atoms with Crippen molar-refractivity contribution in [2.24, 2.45) is 23.2 Å². The van der Waals surface area contributed by atoms with E-state index in [-0.39, 0.29) is 10.7 Å². The maximum absolute atomic E-state index is 11.7. The molecule has 4 fully saturated rings. The lowest BCUT2D eigenvalue weighted by molar-refractivity contribution is -0.132. The monoisotopic (exact) mass is 324 g/mol. The smallest absolute Gasteiger partial charge is 0.228 e. The van der Waals surface area contributed by atoms with Crippen molar-refractivity contribution in [2.75, 3.05) is 0 Å². The van der Waals surface area contributed by atoms with E-state index in [9.17, 15) is 4.79 Å². The summed E-state index contributed by atoms with van der Waals surface area (Å²) in [6.07, 6.45) is 6.24. The number of carbonyl (C=O) groups excluding carboxylic acids is 1. The van der Waals surface area contributed by atoms with Gasteiger partial charge in [-0.25, -0.2) is 0 Å². The molecule has 3 unspecified atom stereocenters. The van der Waals surface area contributed by atoms with E-state index in [1.807, 2.05) is 0 Å². The van der Waals surface area contributed by atoms with Crippen LogP contribution in [0.2, 0.25) is 0 Å². The van der Waals surface area contributed by atoms with Crippen LogP contribution in [0.3, 0.4) is 0 Å². The molecular formula is C11H14ClIO. The molecule has 4 aliphatic carbocycles. The summed E-state index contributed by atoms with van der Waals surface area (Å²) >= 11 is 8.34. The molecule has 0 radical (unpaired) electrons. The zero-order chi connectivity index (χ0) is 9.92. The zero-order valence-corrected chi connectivity index (χ0v) is 10.9. The van der Waals surface area contributed by atoms with E-state index in [0.29, 0.717) is 3.92 Å². The van der Waals surface area contributed by atoms with Crippen molar-refractivity contribution in [3.8, 4) is 0 Å². The lowest BCUT2D eigenvalue weighted by atomic mass is 9.50. The van der Waals surface area contributed by atoms with Crippen LogP contribution in [-0.2, 0) is 4.79 Å². The van der Waals surface area contributed by atoms with E-state index < -0.39 is 0 Å². The molecule has 4 rings (SSSR count). The Morgan fingerprint density at radius 1 is 1.21 bits per heavy atom. The van der Waals surface area contributed by atoms with Crippen LogP contribution in [0.15, 0.2) is 0 Å². The summed E-state index contributed by atoms with van der Waals surface area (Å²) < 4.78 is 0.512. The molecule has 3 heteroatoms. The first kappa shape index (κ1) is 9.88. The van der Waals surface area contributed by atoms with Crippen LogP contribution in [0, 0.1) is 23.2 Å². The molecule has 1 nitrogen and oxygen atoms in total. The average molecular weight is 325 g/mol. The standard InChI is InChI=1S/C11H14ClIO/c12-10(14)11-4-6-1-7(5-11)3-8(2-6)9(11)13/h6-9H,1-5H2. The Morgan fingerprint density at radius 3 is 2.29 bits per heavy atom. The third-order valence-corrected chi connectivity index (χ3v) is 7.16. The molecule has 4 bridgehead atoms. The third kappa shape index (κ3) is 1.16. The molecular weight excluding hydrogens is 310 g/mol. The fourth-order valence-electron chi connectivity index (χ4n) is 4.25. The fourth-order valence-corrected chi connectivity index (χ4v) is 6.08. The molecule has 0 amide bonds. The van der Waals surface area contributed by atoms with Gasteiger partial charge >= 0.3 is 0 Å². The molecule has 0 aromatic rings. The van der Waals surface area contributed by atoms with Crippen molar-refractivity contribution in [1.82, 2.24) is 0 Å². The van der Waals surface area contributed by atoms with Gasteiger partial charge in [-0.1, -0.05) is 22.6 Å². The van der Waals surface area contributed by atoms with Gasteiger partial charge in [0, 0.05) is 3.92 Å². The second kappa shape index (κ2) is 3.09. The van der Waals surface area contributed by atoms with E-state index in [1.165, 1.54) is 19.3 Å². The summed E-state index contributed by atoms with van der Waals surface area (Å²) in [4.78, 5) is 11.7. The number of hydrogen-bond donors (Lipinski definition) is 0. The van der Waals surface area contributed by atoms with Crippen molar-refractivity contribution in [3.63, 3.8) is 0 Å². The lowest BCUT2D eigenvalue weighted by Crippen LogP contribution is -2.56. The minimum atomic E-state index is -0.128. The Labute approximate surface area is 103 Å². The minimum Gasteiger partial charge on any atom is -0.281 e. The molecule has 4 aliphatic rings. The molecule has 14 heavy (non-hydrogen) atoms. The Morgan fingerprint density at radius 2 is 1.79 bits per heavy atom. The fraction of sp³-hybridized carbons (Fsp3) is 0.909. The highest BCUT2D eigenvalue weighted by Gasteiger charge is 2.59. The first-order chi connectivity index (χ1) is 6.62. The van der Waals surface area contributed by atoms with E-state index in [4.69, 9.17) is 11.6 Å². The summed E-state index contributed by atoms with van der Waals surface area (Å²) in [5, 5.41) is -0.0454. The molecule has 0 aromatic heterocycles. The molecule has 0 spiro atoms. The topological polar surface area (TPSA) is 17.1 Å². The average Bonchev–Trinajstić information content (AvgIpc) is 2.12. The van der Waals surface area contributed by atoms with Crippen molar-refractivity contribution >= 4 is 39.4 Å². The highest BCUT2D eigenvalue weighted by atomic mass is 127. The molecule has 0 N–H and O–H groups in total. The van der Waals surface area contributed by atoms with Gasteiger partial charge < -0.3 is 0 Å². The quantitative estimate of drug-likeness (QED) is 0.410. The summed E-state index contributed by atoms with van der Waals surface area (Å²) in [5.41, 5.74) is -0.128. The highest BCUT2D eigenvalue weighted by Crippen LogP contribution is 2.63. The number of carbonyl (C=O) groups is 1. The van der Waals surface area contributed by atoms with E-state index in [0.717, 1.165) is 30.6 Å². The second-order valence-electron chi connectivity index (χ2n) is 5.44. The van der Waals surface area contributed by atoms with Gasteiger partial charge in [0.1, 0.15) is 0 Å². The molecule has 0 aliphatic heterocycles. The SMILES string of the molecule is O=C(Cl)C12CC3CC(CC(C3)C1I)C2. The molecule has 0 aromatic carbocycles. The van der Waals surface area contributed by atoms with E-state index in [1.54, 1.807) is 0 Å². The largest absolute Gasteiger partial charge is 0.281 e. The Bertz CT molecular complexity index is 277. The van der Waals surface area contributed by atoms with Crippen LogP contribution < -0.4 is 0 Å². The van der Waals surface area contributed by atoms with Crippen molar-refractivity contribution < 1.29 is 4.79 Å². The lowest BCUT2D eigenvalue weighted by Gasteiger charge is -2.58. The predicted molar refractivity (Wildman–Crippen MR) is 64.7 cm³/mol. The van der Waals surface area contributed by atoms with E-state index in [2.05, 4.69) is 22.6 Å². The van der Waals surface area contributed by atoms with Crippen LogP contribution in [0.25, 0.3) is 0 Å². The Kier molecular flexibility index (Phi) is 2.18. The van der Waals surface area contributed by atoms with Gasteiger partial charge in [0.2, 0.25) is 5.24 Å². The van der Waals surface area contributed by atoms with Gasteiger partial charge in [0.05, 0.1) is 5.41 Å². The molecule has 4 saturated carbocycles. The van der Waals surface area contributed by atoms with Crippen molar-refractivity contribution in [1.29, 1.82) is 0 Å². The first-order valence-electron chi connectivity index (χ1n) is 5.46. The normalized spacial score (nSPS) is 55.0. The summed E-state index contributed by atoms with van der Waals surface area (Å²) in [7, 11) is 0. The second-order valence-corrected chi connectivity index (χ2v) is 7.12. The molecule has 0 saturated heterocycles. The summed E-state index contributed by atoms with van der Waals surface area (Å²) in [6, 6.07) is 0. The van der Waals surface area contributed by atoms with Crippen molar-refractivity contribution in [2.45, 2.75) is 36.0 Å². The summed E-state index contributed by atoms with van der Waals surface area (Å²) in [6.45, 7) is 0. The molecule has 0 heterocycles. The summed E-state index contributed by atoms with van der Waals surface area (Å²) in [5.74, 6) is 2.40. The first-order valence-corrected chi connectivity index (χ1v) is 7.08. The number of hydrogen-bond acceptors (Lipinski definition) is 1. The van der Waals surface area contributed by atoms with Gasteiger partial charge in [0.15, 0.2) is 0 Å². The van der Waals surface area contributed by atoms with Crippen LogP contribution in [0.1, 0.15) is 32.1 Å². The van der Waals surface area contributed by atoms with Crippen LogP contribution in [0.4, 0.5) is 0 Å². The van der Waals surface area contributed by atoms with Gasteiger partial charge in [0.25, 0.3) is 0 Å².